The lowest BCUT2D eigenvalue weighted by Gasteiger charge is -2.13. The lowest BCUT2D eigenvalue weighted by Crippen LogP contribution is -2.29. The largest absolute Gasteiger partial charge is 0.506 e. The number of anilines is 2. The predicted molar refractivity (Wildman–Crippen MR) is 106 cm³/mol. The van der Waals surface area contributed by atoms with Gasteiger partial charge >= 0.3 is 0 Å². The molecule has 0 spiro atoms. The van der Waals surface area contributed by atoms with Gasteiger partial charge in [0.25, 0.3) is 10.0 Å². The average molecular weight is 396 g/mol. The van der Waals surface area contributed by atoms with Crippen LogP contribution in [0.4, 0.5) is 11.4 Å². The summed E-state index contributed by atoms with van der Waals surface area (Å²) in [6.07, 6.45) is 0.883. The summed E-state index contributed by atoms with van der Waals surface area (Å²) in [5.74, 6) is 0.520. The van der Waals surface area contributed by atoms with Gasteiger partial charge in [0.15, 0.2) is 5.11 Å². The molecule has 0 amide bonds. The molecule has 26 heavy (non-hydrogen) atoms. The Bertz CT molecular complexity index is 868. The second-order valence-corrected chi connectivity index (χ2v) is 7.48. The second-order valence-electron chi connectivity index (χ2n) is 5.39. The fraction of sp³-hybridized carbons (Fsp3) is 0.235. The number of ether oxygens (including phenoxy) is 1. The molecule has 0 radical (unpaired) electrons. The fourth-order valence-electron chi connectivity index (χ4n) is 2.06. The van der Waals surface area contributed by atoms with Gasteiger partial charge in [-0.3, -0.25) is 4.72 Å². The number of sulfonamides is 1. The standard InChI is InChI=1S/C17H21N3O4S2/c1-3-10-18-17(25)19-15-11-14(8-9-16(15)21)26(22,23)20-12-4-6-13(24-2)7-5-12/h4-9,11,20-21H,3,10H2,1-2H3,(H2,18,19,25). The van der Waals surface area contributed by atoms with Crippen LogP contribution in [0.1, 0.15) is 13.3 Å². The number of methoxy groups -OCH3 is 1. The summed E-state index contributed by atoms with van der Waals surface area (Å²) in [7, 11) is -2.30. The summed E-state index contributed by atoms with van der Waals surface area (Å²) >= 11 is 5.12. The van der Waals surface area contributed by atoms with E-state index < -0.39 is 10.0 Å². The summed E-state index contributed by atoms with van der Waals surface area (Å²) in [4.78, 5) is -0.00749. The van der Waals surface area contributed by atoms with E-state index in [1.807, 2.05) is 6.92 Å². The SMILES string of the molecule is CCCNC(=S)Nc1cc(S(=O)(=O)Nc2ccc(OC)cc2)ccc1O. The molecule has 0 saturated carbocycles. The van der Waals surface area contributed by atoms with E-state index in [0.717, 1.165) is 6.42 Å². The number of phenolic OH excluding ortho intramolecular Hbond substituents is 1. The maximum absolute atomic E-state index is 12.6. The van der Waals surface area contributed by atoms with Crippen LogP contribution in [0, 0.1) is 0 Å². The van der Waals surface area contributed by atoms with Crippen molar-refractivity contribution in [2.24, 2.45) is 0 Å². The van der Waals surface area contributed by atoms with Crippen LogP contribution in [0.15, 0.2) is 47.4 Å². The second kappa shape index (κ2) is 8.72. The highest BCUT2D eigenvalue weighted by Gasteiger charge is 2.17. The van der Waals surface area contributed by atoms with Gasteiger partial charge < -0.3 is 20.5 Å². The van der Waals surface area contributed by atoms with Crippen molar-refractivity contribution in [3.63, 3.8) is 0 Å². The van der Waals surface area contributed by atoms with Crippen LogP contribution in [0.2, 0.25) is 0 Å². The van der Waals surface area contributed by atoms with Gasteiger partial charge in [-0.2, -0.15) is 0 Å². The van der Waals surface area contributed by atoms with E-state index in [-0.39, 0.29) is 16.3 Å². The first-order valence-electron chi connectivity index (χ1n) is 7.90. The van der Waals surface area contributed by atoms with Gasteiger partial charge in [-0.1, -0.05) is 6.92 Å². The van der Waals surface area contributed by atoms with Crippen molar-refractivity contribution < 1.29 is 18.3 Å². The Hall–Kier alpha value is -2.52. The van der Waals surface area contributed by atoms with Crippen LogP contribution in [-0.2, 0) is 10.0 Å². The van der Waals surface area contributed by atoms with Crippen molar-refractivity contribution in [3.05, 3.63) is 42.5 Å². The highest BCUT2D eigenvalue weighted by molar-refractivity contribution is 7.92. The molecule has 0 atom stereocenters. The van der Waals surface area contributed by atoms with Crippen LogP contribution in [-0.4, -0.2) is 32.3 Å². The van der Waals surface area contributed by atoms with Gasteiger partial charge in [-0.05, 0) is 61.1 Å². The van der Waals surface area contributed by atoms with Gasteiger partial charge in [0, 0.05) is 12.2 Å². The summed E-state index contributed by atoms with van der Waals surface area (Å²) in [6.45, 7) is 2.66. The molecule has 140 valence electrons. The number of phenols is 1. The highest BCUT2D eigenvalue weighted by atomic mass is 32.2. The first-order chi connectivity index (χ1) is 12.4. The molecule has 0 aromatic heterocycles. The van der Waals surface area contributed by atoms with Crippen LogP contribution in [0.25, 0.3) is 0 Å². The van der Waals surface area contributed by atoms with Gasteiger partial charge in [0.2, 0.25) is 0 Å². The Morgan fingerprint density at radius 1 is 1.19 bits per heavy atom. The van der Waals surface area contributed by atoms with E-state index in [1.54, 1.807) is 24.3 Å². The van der Waals surface area contributed by atoms with E-state index >= 15 is 0 Å². The molecule has 0 aliphatic rings. The van der Waals surface area contributed by atoms with E-state index in [0.29, 0.717) is 23.1 Å². The van der Waals surface area contributed by atoms with Crippen LogP contribution in [0.3, 0.4) is 0 Å². The van der Waals surface area contributed by atoms with Crippen LogP contribution < -0.4 is 20.1 Å². The number of benzene rings is 2. The zero-order chi connectivity index (χ0) is 19.2. The monoisotopic (exact) mass is 395 g/mol. The minimum Gasteiger partial charge on any atom is -0.506 e. The summed E-state index contributed by atoms with van der Waals surface area (Å²) in [6, 6.07) is 10.4. The Morgan fingerprint density at radius 3 is 2.50 bits per heavy atom. The van der Waals surface area contributed by atoms with Crippen molar-refractivity contribution in [3.8, 4) is 11.5 Å². The maximum Gasteiger partial charge on any atom is 0.261 e. The zero-order valence-corrected chi connectivity index (χ0v) is 16.1. The molecule has 0 fully saturated rings. The minimum absolute atomic E-state index is 0.00749. The van der Waals surface area contributed by atoms with Crippen molar-refractivity contribution >= 4 is 38.7 Å². The van der Waals surface area contributed by atoms with Crippen molar-refractivity contribution in [2.45, 2.75) is 18.2 Å². The lowest BCUT2D eigenvalue weighted by molar-refractivity contribution is 0.415. The molecule has 0 saturated heterocycles. The minimum atomic E-state index is -3.83. The molecule has 0 aliphatic carbocycles. The molecule has 0 bridgehead atoms. The molecule has 0 unspecified atom stereocenters. The predicted octanol–water partition coefficient (Wildman–Crippen LogP) is 2.90. The number of hydrogen-bond acceptors (Lipinski definition) is 5. The highest BCUT2D eigenvalue weighted by Crippen LogP contribution is 2.27. The van der Waals surface area contributed by atoms with Crippen molar-refractivity contribution in [1.29, 1.82) is 0 Å². The molecule has 2 aromatic rings. The smallest absolute Gasteiger partial charge is 0.261 e. The molecule has 0 aliphatic heterocycles. The number of aromatic hydroxyl groups is 1. The Morgan fingerprint density at radius 2 is 1.88 bits per heavy atom. The molecule has 2 aromatic carbocycles. The summed E-state index contributed by atoms with van der Waals surface area (Å²) < 4.78 is 32.7. The fourth-order valence-corrected chi connectivity index (χ4v) is 3.36. The molecule has 4 N–H and O–H groups in total. The quantitative estimate of drug-likeness (QED) is 0.422. The topological polar surface area (TPSA) is 99.7 Å². The zero-order valence-electron chi connectivity index (χ0n) is 14.4. The third kappa shape index (κ3) is 5.24. The Balaban J connectivity index is 2.20. The van der Waals surface area contributed by atoms with E-state index in [4.69, 9.17) is 17.0 Å². The molecular formula is C17H21N3O4S2. The third-order valence-corrected chi connectivity index (χ3v) is 5.03. The number of nitrogens with one attached hydrogen (secondary N) is 3. The van der Waals surface area contributed by atoms with Crippen molar-refractivity contribution in [1.82, 2.24) is 5.32 Å². The van der Waals surface area contributed by atoms with E-state index in [2.05, 4.69) is 15.4 Å². The number of hydrogen-bond donors (Lipinski definition) is 4. The van der Waals surface area contributed by atoms with Gasteiger partial charge in [-0.25, -0.2) is 8.42 Å². The van der Waals surface area contributed by atoms with Crippen molar-refractivity contribution in [2.75, 3.05) is 23.7 Å². The van der Waals surface area contributed by atoms with Crippen LogP contribution >= 0.6 is 12.2 Å². The average Bonchev–Trinajstić information content (AvgIpc) is 2.62. The molecule has 7 nitrogen and oxygen atoms in total. The van der Waals surface area contributed by atoms with Crippen LogP contribution in [0.5, 0.6) is 11.5 Å². The number of rotatable bonds is 7. The third-order valence-electron chi connectivity index (χ3n) is 3.40. The Kier molecular flexibility index (Phi) is 6.64. The number of thiocarbonyl (C=S) groups is 1. The van der Waals surface area contributed by atoms with Gasteiger partial charge in [0.1, 0.15) is 11.5 Å². The van der Waals surface area contributed by atoms with E-state index in [9.17, 15) is 13.5 Å². The van der Waals surface area contributed by atoms with Gasteiger partial charge in [-0.15, -0.1) is 0 Å². The first kappa shape index (κ1) is 19.8. The Labute approximate surface area is 158 Å². The summed E-state index contributed by atoms with van der Waals surface area (Å²) in [5.41, 5.74) is 0.602. The first-order valence-corrected chi connectivity index (χ1v) is 9.79. The normalized spacial score (nSPS) is 10.8. The lowest BCUT2D eigenvalue weighted by atomic mass is 10.3. The molecule has 0 heterocycles. The molecule has 2 rings (SSSR count). The van der Waals surface area contributed by atoms with E-state index in [1.165, 1.54) is 25.3 Å². The molecular weight excluding hydrogens is 374 g/mol. The molecule has 9 heteroatoms. The van der Waals surface area contributed by atoms with Gasteiger partial charge in [0.05, 0.1) is 17.7 Å². The maximum atomic E-state index is 12.6. The summed E-state index contributed by atoms with van der Waals surface area (Å²) in [5, 5.41) is 16.0.